The maximum absolute atomic E-state index is 14.3. The molecule has 1 amide bonds. The van der Waals surface area contributed by atoms with Crippen LogP contribution in [0.2, 0.25) is 0 Å². The number of hydrogen-bond acceptors (Lipinski definition) is 4. The molecule has 1 aromatic heterocycles. The van der Waals surface area contributed by atoms with Crippen LogP contribution >= 0.6 is 11.8 Å². The summed E-state index contributed by atoms with van der Waals surface area (Å²) < 4.78 is 29.3. The van der Waals surface area contributed by atoms with E-state index < -0.39 is 5.25 Å². The number of carbonyl (C=O) groups is 1. The van der Waals surface area contributed by atoms with Gasteiger partial charge >= 0.3 is 0 Å². The molecule has 3 aromatic rings. The smallest absolute Gasteiger partial charge is 0.233 e. The van der Waals surface area contributed by atoms with E-state index in [-0.39, 0.29) is 29.6 Å². The molecule has 1 heterocycles. The van der Waals surface area contributed by atoms with Crippen LogP contribution in [0.5, 0.6) is 0 Å². The van der Waals surface area contributed by atoms with E-state index >= 15 is 0 Å². The van der Waals surface area contributed by atoms with Crippen molar-refractivity contribution in [2.75, 3.05) is 0 Å². The Balaban J connectivity index is 1.49. The Labute approximate surface area is 177 Å². The number of rotatable bonds is 7. The molecule has 0 radical (unpaired) electrons. The van der Waals surface area contributed by atoms with Crippen LogP contribution in [-0.2, 0) is 4.79 Å². The summed E-state index contributed by atoms with van der Waals surface area (Å²) in [6.07, 6.45) is 1.96. The molecular formula is C22H22F2N4OS. The molecule has 1 aliphatic rings. The van der Waals surface area contributed by atoms with E-state index in [1.165, 1.54) is 30.0 Å². The first kappa shape index (κ1) is 20.5. The minimum absolute atomic E-state index is 0.158. The Hall–Kier alpha value is -2.74. The van der Waals surface area contributed by atoms with Crippen LogP contribution in [0.15, 0.2) is 53.7 Å². The van der Waals surface area contributed by atoms with E-state index in [4.69, 9.17) is 0 Å². The zero-order chi connectivity index (χ0) is 21.3. The van der Waals surface area contributed by atoms with Gasteiger partial charge in [-0.2, -0.15) is 0 Å². The van der Waals surface area contributed by atoms with Crippen LogP contribution in [0.1, 0.15) is 44.3 Å². The third-order valence-corrected chi connectivity index (χ3v) is 6.13. The van der Waals surface area contributed by atoms with Crippen LogP contribution in [0.25, 0.3) is 11.4 Å². The molecular weight excluding hydrogens is 406 g/mol. The van der Waals surface area contributed by atoms with Gasteiger partial charge in [-0.3, -0.25) is 9.36 Å². The van der Waals surface area contributed by atoms with Crippen molar-refractivity contribution in [1.29, 1.82) is 0 Å². The zero-order valence-corrected chi connectivity index (χ0v) is 17.5. The molecule has 0 bridgehead atoms. The summed E-state index contributed by atoms with van der Waals surface area (Å²) >= 11 is 1.30. The molecule has 30 heavy (non-hydrogen) atoms. The highest BCUT2D eigenvalue weighted by Crippen LogP contribution is 2.42. The first-order valence-electron chi connectivity index (χ1n) is 9.86. The number of hydrogen-bond donors (Lipinski definition) is 1. The van der Waals surface area contributed by atoms with Crippen molar-refractivity contribution in [3.05, 3.63) is 65.7 Å². The van der Waals surface area contributed by atoms with Crippen molar-refractivity contribution < 1.29 is 13.6 Å². The van der Waals surface area contributed by atoms with Crippen LogP contribution in [0.3, 0.4) is 0 Å². The van der Waals surface area contributed by atoms with E-state index in [1.807, 2.05) is 11.5 Å². The number of thioether (sulfide) groups is 1. The van der Waals surface area contributed by atoms with Gasteiger partial charge in [-0.25, -0.2) is 8.78 Å². The lowest BCUT2D eigenvalue weighted by atomic mass is 10.1. The number of carbonyl (C=O) groups excluding carboxylic acids is 1. The van der Waals surface area contributed by atoms with Gasteiger partial charge in [0, 0.05) is 6.04 Å². The maximum atomic E-state index is 14.3. The van der Waals surface area contributed by atoms with Gasteiger partial charge in [-0.1, -0.05) is 36.0 Å². The van der Waals surface area contributed by atoms with Crippen molar-refractivity contribution in [3.63, 3.8) is 0 Å². The molecule has 0 saturated heterocycles. The fourth-order valence-electron chi connectivity index (χ4n) is 3.22. The normalized spacial score (nSPS) is 15.6. The van der Waals surface area contributed by atoms with Crippen molar-refractivity contribution in [3.8, 4) is 11.4 Å². The largest absolute Gasteiger partial charge is 0.349 e. The van der Waals surface area contributed by atoms with Gasteiger partial charge in [0.15, 0.2) is 11.0 Å². The Morgan fingerprint density at radius 2 is 1.80 bits per heavy atom. The predicted molar refractivity (Wildman–Crippen MR) is 112 cm³/mol. The fraction of sp³-hybridized carbons (Fsp3) is 0.318. The molecule has 1 N–H and O–H groups in total. The van der Waals surface area contributed by atoms with Gasteiger partial charge < -0.3 is 5.32 Å². The monoisotopic (exact) mass is 428 g/mol. The number of nitrogens with zero attached hydrogens (tertiary/aromatic N) is 3. The molecule has 1 fully saturated rings. The minimum Gasteiger partial charge on any atom is -0.349 e. The first-order chi connectivity index (χ1) is 14.4. The minimum atomic E-state index is -0.428. The summed E-state index contributed by atoms with van der Waals surface area (Å²) in [5, 5.41) is 11.6. The van der Waals surface area contributed by atoms with Crippen molar-refractivity contribution >= 4 is 17.7 Å². The highest BCUT2D eigenvalue weighted by Gasteiger charge is 2.32. The number of halogens is 2. The van der Waals surface area contributed by atoms with E-state index in [0.717, 1.165) is 18.4 Å². The summed E-state index contributed by atoms with van der Waals surface area (Å²) in [7, 11) is 0. The summed E-state index contributed by atoms with van der Waals surface area (Å²) in [5.74, 6) is -0.325. The highest BCUT2D eigenvalue weighted by molar-refractivity contribution is 8.00. The Kier molecular flexibility index (Phi) is 5.85. The molecule has 0 aliphatic heterocycles. The van der Waals surface area contributed by atoms with Crippen LogP contribution in [0, 0.1) is 11.6 Å². The van der Waals surface area contributed by atoms with Gasteiger partial charge in [0.05, 0.1) is 16.9 Å². The van der Waals surface area contributed by atoms with Gasteiger partial charge in [-0.15, -0.1) is 10.2 Å². The van der Waals surface area contributed by atoms with Crippen molar-refractivity contribution in [1.82, 2.24) is 20.1 Å². The average molecular weight is 429 g/mol. The third-order valence-electron chi connectivity index (χ3n) is 5.07. The summed E-state index contributed by atoms with van der Waals surface area (Å²) in [5.41, 5.74) is 1.23. The Morgan fingerprint density at radius 3 is 2.47 bits per heavy atom. The van der Waals surface area contributed by atoms with Gasteiger partial charge in [0.1, 0.15) is 11.6 Å². The molecule has 156 valence electrons. The molecule has 0 spiro atoms. The van der Waals surface area contributed by atoms with Crippen LogP contribution in [-0.4, -0.2) is 25.9 Å². The highest BCUT2D eigenvalue weighted by atomic mass is 32.2. The lowest BCUT2D eigenvalue weighted by Crippen LogP contribution is -2.33. The number of nitrogens with one attached hydrogen (secondary N) is 1. The predicted octanol–water partition coefficient (Wildman–Crippen LogP) is 4.92. The second kappa shape index (κ2) is 8.55. The number of aromatic nitrogens is 3. The van der Waals surface area contributed by atoms with E-state index in [0.29, 0.717) is 16.5 Å². The second-order valence-electron chi connectivity index (χ2n) is 7.43. The van der Waals surface area contributed by atoms with E-state index in [1.54, 1.807) is 37.3 Å². The second-order valence-corrected chi connectivity index (χ2v) is 8.74. The summed E-state index contributed by atoms with van der Waals surface area (Å²) in [6.45, 7) is 3.65. The molecule has 2 atom stereocenters. The average Bonchev–Trinajstić information content (AvgIpc) is 3.49. The molecule has 4 rings (SSSR count). The molecule has 1 saturated carbocycles. The van der Waals surface area contributed by atoms with Gasteiger partial charge in [-0.05, 0) is 56.5 Å². The SMILES string of the molecule is CC(Sc1nnc(-c2ccccc2F)n1C1CC1)C(=O)NC(C)c1ccc(F)cc1. The lowest BCUT2D eigenvalue weighted by molar-refractivity contribution is -0.120. The van der Waals surface area contributed by atoms with Crippen molar-refractivity contribution in [2.24, 2.45) is 0 Å². The van der Waals surface area contributed by atoms with Crippen LogP contribution in [0.4, 0.5) is 8.78 Å². The fourth-order valence-corrected chi connectivity index (χ4v) is 4.15. The van der Waals surface area contributed by atoms with E-state index in [9.17, 15) is 13.6 Å². The molecule has 2 unspecified atom stereocenters. The molecule has 5 nitrogen and oxygen atoms in total. The molecule has 8 heteroatoms. The Morgan fingerprint density at radius 1 is 1.10 bits per heavy atom. The molecule has 2 aromatic carbocycles. The van der Waals surface area contributed by atoms with Gasteiger partial charge in [0.25, 0.3) is 0 Å². The third kappa shape index (κ3) is 4.38. The number of benzene rings is 2. The molecule has 1 aliphatic carbocycles. The summed E-state index contributed by atoms with van der Waals surface area (Å²) in [6, 6.07) is 12.5. The topological polar surface area (TPSA) is 59.8 Å². The first-order valence-corrected chi connectivity index (χ1v) is 10.7. The lowest BCUT2D eigenvalue weighted by Gasteiger charge is -2.18. The summed E-state index contributed by atoms with van der Waals surface area (Å²) in [4.78, 5) is 12.7. The van der Waals surface area contributed by atoms with E-state index in [2.05, 4.69) is 15.5 Å². The zero-order valence-electron chi connectivity index (χ0n) is 16.7. The number of amides is 1. The Bertz CT molecular complexity index is 1050. The quantitative estimate of drug-likeness (QED) is 0.543. The van der Waals surface area contributed by atoms with Crippen LogP contribution < -0.4 is 5.32 Å². The standard InChI is InChI=1S/C22H22F2N4OS/c1-13(15-7-9-16(23)10-8-15)25-21(29)14(2)30-22-27-26-20(28(22)17-11-12-17)18-5-3-4-6-19(18)24/h3-10,13-14,17H,11-12H2,1-2H3,(H,25,29). The maximum Gasteiger partial charge on any atom is 0.233 e. The van der Waals surface area contributed by atoms with Gasteiger partial charge in [0.2, 0.25) is 5.91 Å². The van der Waals surface area contributed by atoms with Crippen molar-refractivity contribution in [2.45, 2.75) is 49.2 Å².